The molecule has 3 rings (SSSR count). The number of halogens is 1. The van der Waals surface area contributed by atoms with Crippen molar-refractivity contribution in [3.05, 3.63) is 34.9 Å². The van der Waals surface area contributed by atoms with Crippen molar-refractivity contribution in [2.24, 2.45) is 21.8 Å². The van der Waals surface area contributed by atoms with Crippen LogP contribution in [0, 0.1) is 11.8 Å². The Bertz CT molecular complexity index is 864. The smallest absolute Gasteiger partial charge is 0.261 e. The van der Waals surface area contributed by atoms with E-state index in [-0.39, 0.29) is 10.3 Å². The molecule has 2 aliphatic rings. The molecule has 2 N–H and O–H groups in total. The van der Waals surface area contributed by atoms with Gasteiger partial charge in [0.2, 0.25) is 11.8 Å². The summed E-state index contributed by atoms with van der Waals surface area (Å²) in [5, 5.41) is 5.86. The molecule has 0 spiro atoms. The van der Waals surface area contributed by atoms with E-state index in [9.17, 15) is 19.2 Å². The molecule has 28 heavy (non-hydrogen) atoms. The van der Waals surface area contributed by atoms with Crippen LogP contribution in [0.2, 0.25) is 5.02 Å². The van der Waals surface area contributed by atoms with Gasteiger partial charge in [0.25, 0.3) is 11.8 Å². The quantitative estimate of drug-likeness (QED) is 0.689. The maximum Gasteiger partial charge on any atom is 0.261 e. The van der Waals surface area contributed by atoms with E-state index in [1.165, 1.54) is 0 Å². The van der Waals surface area contributed by atoms with Crippen molar-refractivity contribution >= 4 is 69.1 Å². The molecule has 0 bridgehead atoms. The molecule has 4 amide bonds. The number of hydrogen-bond donors (Lipinski definition) is 2. The number of aliphatic imine (C=N–C) groups is 2. The van der Waals surface area contributed by atoms with Crippen molar-refractivity contribution in [2.45, 2.75) is 5.92 Å². The Morgan fingerprint density at radius 1 is 0.857 bits per heavy atom. The summed E-state index contributed by atoms with van der Waals surface area (Å²) in [4.78, 5) is 58.5. The van der Waals surface area contributed by atoms with Crippen molar-refractivity contribution in [3.8, 4) is 0 Å². The molecule has 0 aromatic heterocycles. The Kier molecular flexibility index (Phi) is 6.21. The van der Waals surface area contributed by atoms with Gasteiger partial charge in [-0.25, -0.2) is 0 Å². The molecule has 0 aliphatic carbocycles. The van der Waals surface area contributed by atoms with Crippen LogP contribution in [-0.2, 0) is 19.2 Å². The summed E-state index contributed by atoms with van der Waals surface area (Å²) in [6.07, 6.45) is 3.33. The van der Waals surface area contributed by atoms with Crippen molar-refractivity contribution < 1.29 is 19.2 Å². The van der Waals surface area contributed by atoms with Gasteiger partial charge in [-0.15, -0.1) is 0 Å². The highest BCUT2D eigenvalue weighted by Crippen LogP contribution is 2.37. The fourth-order valence-electron chi connectivity index (χ4n) is 3.07. The predicted molar refractivity (Wildman–Crippen MR) is 109 cm³/mol. The Hall–Kier alpha value is -2.17. The van der Waals surface area contributed by atoms with Gasteiger partial charge in [-0.3, -0.25) is 19.2 Å². The minimum absolute atomic E-state index is 0.170. The summed E-state index contributed by atoms with van der Waals surface area (Å²) in [7, 11) is 0. The van der Waals surface area contributed by atoms with E-state index in [0.717, 1.165) is 23.5 Å². The van der Waals surface area contributed by atoms with Crippen molar-refractivity contribution in [2.75, 3.05) is 12.5 Å². The molecule has 0 saturated heterocycles. The van der Waals surface area contributed by atoms with Gasteiger partial charge in [-0.2, -0.15) is 9.98 Å². The maximum absolute atomic E-state index is 12.7. The van der Waals surface area contributed by atoms with E-state index < -0.39 is 41.4 Å². The third kappa shape index (κ3) is 3.98. The predicted octanol–water partition coefficient (Wildman–Crippen LogP) is 1.41. The minimum atomic E-state index is -1.34. The molecule has 0 radical (unpaired) electrons. The Morgan fingerprint density at radius 3 is 1.64 bits per heavy atom. The van der Waals surface area contributed by atoms with Gasteiger partial charge >= 0.3 is 0 Å². The molecule has 2 atom stereocenters. The number of nitrogens with zero attached hydrogens (tertiary/aromatic N) is 2. The highest BCUT2D eigenvalue weighted by Gasteiger charge is 2.49. The molecule has 1 aromatic carbocycles. The van der Waals surface area contributed by atoms with Gasteiger partial charge < -0.3 is 10.6 Å². The van der Waals surface area contributed by atoms with Crippen LogP contribution in [-0.4, -0.2) is 46.5 Å². The average molecular weight is 439 g/mol. The summed E-state index contributed by atoms with van der Waals surface area (Å²) >= 11 is 8.16. The second kappa shape index (κ2) is 8.46. The summed E-state index contributed by atoms with van der Waals surface area (Å²) in [6.45, 7) is 0. The third-order valence-corrected chi connectivity index (χ3v) is 5.75. The van der Waals surface area contributed by atoms with Gasteiger partial charge in [0.15, 0.2) is 10.3 Å². The van der Waals surface area contributed by atoms with E-state index in [1.54, 1.807) is 36.8 Å². The van der Waals surface area contributed by atoms with Gasteiger partial charge in [-0.1, -0.05) is 47.3 Å². The van der Waals surface area contributed by atoms with Crippen LogP contribution in [0.1, 0.15) is 11.5 Å². The third-order valence-electron chi connectivity index (χ3n) is 4.34. The van der Waals surface area contributed by atoms with E-state index in [0.29, 0.717) is 10.6 Å². The van der Waals surface area contributed by atoms with E-state index in [4.69, 9.17) is 11.6 Å². The van der Waals surface area contributed by atoms with Crippen LogP contribution in [0.5, 0.6) is 0 Å². The summed E-state index contributed by atoms with van der Waals surface area (Å²) in [5.41, 5.74) is 0.442. The summed E-state index contributed by atoms with van der Waals surface area (Å²) < 4.78 is 0. The molecule has 0 saturated carbocycles. The number of carbonyl (C=O) groups is 4. The van der Waals surface area contributed by atoms with Crippen LogP contribution in [0.25, 0.3) is 0 Å². The van der Waals surface area contributed by atoms with E-state index in [2.05, 4.69) is 20.6 Å². The molecule has 146 valence electrons. The lowest BCUT2D eigenvalue weighted by Gasteiger charge is -2.32. The average Bonchev–Trinajstić information content (AvgIpc) is 2.66. The first-order chi connectivity index (χ1) is 13.3. The highest BCUT2D eigenvalue weighted by molar-refractivity contribution is 8.13. The molecule has 0 fully saturated rings. The van der Waals surface area contributed by atoms with Crippen LogP contribution >= 0.6 is 35.1 Å². The van der Waals surface area contributed by atoms with E-state index in [1.807, 2.05) is 0 Å². The molecular formula is C17H15ClN4O4S2. The standard InChI is InChI=1S/C17H15ClN4O4S2/c1-27-16-19-12(23)10(13(24)20-16)9(7-3-5-8(18)6-4-7)11-14(25)21-17(28-2)22-15(11)26/h3-6,9-11H,1-2H3,(H,19,20,23,24)(H,21,22,25,26). The monoisotopic (exact) mass is 438 g/mol. The first-order valence-electron chi connectivity index (χ1n) is 8.06. The summed E-state index contributed by atoms with van der Waals surface area (Å²) in [5.74, 6) is -6.43. The Morgan fingerprint density at radius 2 is 1.29 bits per heavy atom. The van der Waals surface area contributed by atoms with Gasteiger partial charge in [0, 0.05) is 10.9 Å². The number of rotatable bonds is 3. The Labute approximate surface area is 174 Å². The lowest BCUT2D eigenvalue weighted by Crippen LogP contribution is -2.52. The van der Waals surface area contributed by atoms with Gasteiger partial charge in [0.1, 0.15) is 11.8 Å². The van der Waals surface area contributed by atoms with Gasteiger partial charge in [0.05, 0.1) is 0 Å². The molecular weight excluding hydrogens is 424 g/mol. The highest BCUT2D eigenvalue weighted by atomic mass is 35.5. The topological polar surface area (TPSA) is 117 Å². The molecule has 2 aliphatic heterocycles. The largest absolute Gasteiger partial charge is 0.304 e. The lowest BCUT2D eigenvalue weighted by molar-refractivity contribution is -0.139. The number of amidine groups is 2. The zero-order chi connectivity index (χ0) is 20.4. The number of amides is 4. The molecule has 2 unspecified atom stereocenters. The second-order valence-corrected chi connectivity index (χ2v) is 7.96. The van der Waals surface area contributed by atoms with Crippen LogP contribution in [0.3, 0.4) is 0 Å². The number of benzene rings is 1. The fraction of sp³-hybridized carbons (Fsp3) is 0.294. The maximum atomic E-state index is 12.7. The second-order valence-electron chi connectivity index (χ2n) is 5.93. The van der Waals surface area contributed by atoms with Crippen LogP contribution in [0.4, 0.5) is 0 Å². The van der Waals surface area contributed by atoms with Crippen molar-refractivity contribution in [1.29, 1.82) is 0 Å². The number of hydrogen-bond acceptors (Lipinski definition) is 6. The number of carbonyl (C=O) groups excluding carboxylic acids is 4. The van der Waals surface area contributed by atoms with E-state index >= 15 is 0 Å². The van der Waals surface area contributed by atoms with Gasteiger partial charge in [-0.05, 0) is 30.2 Å². The summed E-state index contributed by atoms with van der Waals surface area (Å²) in [6, 6.07) is 6.28. The van der Waals surface area contributed by atoms with Crippen molar-refractivity contribution in [3.63, 3.8) is 0 Å². The SMILES string of the molecule is CSC1=NC(=O)C(C(c2ccc(Cl)cc2)C2C(=O)N=C(SC)NC2=O)C(=O)N1. The molecule has 1 aromatic rings. The number of nitrogens with one attached hydrogen (secondary N) is 2. The molecule has 11 heteroatoms. The molecule has 8 nitrogen and oxygen atoms in total. The van der Waals surface area contributed by atoms with Crippen molar-refractivity contribution in [1.82, 2.24) is 10.6 Å². The fourth-order valence-corrected chi connectivity index (χ4v) is 3.97. The minimum Gasteiger partial charge on any atom is -0.304 e. The van der Waals surface area contributed by atoms with Crippen LogP contribution < -0.4 is 10.6 Å². The zero-order valence-electron chi connectivity index (χ0n) is 14.8. The Balaban J connectivity index is 2.10. The molecule has 2 heterocycles. The first-order valence-corrected chi connectivity index (χ1v) is 10.9. The lowest BCUT2D eigenvalue weighted by atomic mass is 9.74. The van der Waals surface area contributed by atoms with Crippen LogP contribution in [0.15, 0.2) is 34.3 Å². The first kappa shape index (κ1) is 20.6. The zero-order valence-corrected chi connectivity index (χ0v) is 17.2. The normalized spacial score (nSPS) is 23.5. The number of thioether (sulfide) groups is 2.